The Labute approximate surface area is 223 Å². The van der Waals surface area contributed by atoms with E-state index in [1.54, 1.807) is 0 Å². The van der Waals surface area contributed by atoms with Gasteiger partial charge in [-0.25, -0.2) is 9.78 Å². The van der Waals surface area contributed by atoms with Crippen LogP contribution in [-0.2, 0) is 32.0 Å². The van der Waals surface area contributed by atoms with Crippen molar-refractivity contribution in [2.24, 2.45) is 5.73 Å². The molecule has 208 valence electrons. The zero-order chi connectivity index (χ0) is 27.6. The van der Waals surface area contributed by atoms with E-state index in [9.17, 15) is 24.3 Å². The number of aromatic amines is 1. The van der Waals surface area contributed by atoms with Crippen LogP contribution in [0.2, 0.25) is 0 Å². The Balaban J connectivity index is 1.63. The second kappa shape index (κ2) is 17.7. The fourth-order valence-corrected chi connectivity index (χ4v) is 3.96. The van der Waals surface area contributed by atoms with Crippen LogP contribution in [0.25, 0.3) is 0 Å². The van der Waals surface area contributed by atoms with E-state index >= 15 is 0 Å². The summed E-state index contributed by atoms with van der Waals surface area (Å²) in [5.41, 5.74) is 7.40. The number of carboxylic acids is 1. The van der Waals surface area contributed by atoms with Crippen molar-refractivity contribution in [2.45, 2.75) is 76.3 Å². The van der Waals surface area contributed by atoms with Gasteiger partial charge >= 0.3 is 5.97 Å². The normalized spacial score (nSPS) is 12.3. The lowest BCUT2D eigenvalue weighted by Gasteiger charge is -2.18. The van der Waals surface area contributed by atoms with Crippen molar-refractivity contribution in [1.82, 2.24) is 25.9 Å². The molecule has 0 unspecified atom stereocenters. The number of amides is 3. The molecule has 7 N–H and O–H groups in total. The van der Waals surface area contributed by atoms with Crippen LogP contribution >= 0.6 is 0 Å². The summed E-state index contributed by atoms with van der Waals surface area (Å²) in [5, 5.41) is 17.6. The third-order valence-corrected chi connectivity index (χ3v) is 6.05. The highest BCUT2D eigenvalue weighted by atomic mass is 16.4. The van der Waals surface area contributed by atoms with Gasteiger partial charge in [-0.2, -0.15) is 0 Å². The van der Waals surface area contributed by atoms with Gasteiger partial charge in [0.05, 0.1) is 6.33 Å². The molecular weight excluding hydrogens is 488 g/mol. The largest absolute Gasteiger partial charge is 0.480 e. The Morgan fingerprint density at radius 3 is 2.29 bits per heavy atom. The Bertz CT molecular complexity index is 983. The smallest absolute Gasteiger partial charge is 0.326 e. The number of benzene rings is 1. The molecule has 1 aromatic heterocycles. The lowest BCUT2D eigenvalue weighted by atomic mass is 10.1. The monoisotopic (exact) mass is 528 g/mol. The number of H-pyrrole nitrogens is 1. The average Bonchev–Trinajstić information content (AvgIpc) is 3.41. The molecule has 11 heteroatoms. The number of carbonyl (C=O) groups is 4. The van der Waals surface area contributed by atoms with Crippen LogP contribution in [0, 0.1) is 0 Å². The maximum absolute atomic E-state index is 12.6. The molecule has 3 amide bonds. The second-order valence-electron chi connectivity index (χ2n) is 9.23. The zero-order valence-corrected chi connectivity index (χ0v) is 21.8. The molecule has 0 saturated heterocycles. The lowest BCUT2D eigenvalue weighted by molar-refractivity contribution is -0.141. The molecule has 2 rings (SSSR count). The summed E-state index contributed by atoms with van der Waals surface area (Å²) in [4.78, 5) is 55.3. The first kappa shape index (κ1) is 30.5. The van der Waals surface area contributed by atoms with Crippen LogP contribution in [-0.4, -0.2) is 63.9 Å². The molecule has 0 aliphatic heterocycles. The van der Waals surface area contributed by atoms with Crippen molar-refractivity contribution in [2.75, 3.05) is 13.1 Å². The Morgan fingerprint density at radius 1 is 0.921 bits per heavy atom. The molecule has 0 aliphatic carbocycles. The van der Waals surface area contributed by atoms with Crippen LogP contribution in [0.4, 0.5) is 0 Å². The Hall–Kier alpha value is -3.73. The molecule has 2 atom stereocenters. The molecule has 11 nitrogen and oxygen atoms in total. The minimum atomic E-state index is -1.11. The number of rotatable bonds is 19. The highest BCUT2D eigenvalue weighted by Crippen LogP contribution is 2.06. The molecule has 0 spiro atoms. The summed E-state index contributed by atoms with van der Waals surface area (Å²) in [6, 6.07) is 8.29. The van der Waals surface area contributed by atoms with Crippen molar-refractivity contribution in [3.8, 4) is 0 Å². The highest BCUT2D eigenvalue weighted by Gasteiger charge is 2.21. The van der Waals surface area contributed by atoms with Gasteiger partial charge in [-0.05, 0) is 50.6 Å². The summed E-state index contributed by atoms with van der Waals surface area (Å²) in [6.07, 6.45) is 8.13. The SMILES string of the molecule is NCCC[C@H](NC(=O)CCCc1ccccc1)C(=O)NCCCCCC(=O)N[C@@H](Cc1cnc[nH]1)C(=O)O. The fraction of sp³-hybridized carbons (Fsp3) is 0.519. The van der Waals surface area contributed by atoms with Crippen LogP contribution in [0.1, 0.15) is 62.6 Å². The van der Waals surface area contributed by atoms with Crippen molar-refractivity contribution in [3.63, 3.8) is 0 Å². The number of aryl methyl sites for hydroxylation is 1. The van der Waals surface area contributed by atoms with Crippen LogP contribution in [0.15, 0.2) is 42.9 Å². The number of unbranched alkanes of at least 4 members (excludes halogenated alkanes) is 2. The van der Waals surface area contributed by atoms with Gasteiger partial charge in [0.15, 0.2) is 0 Å². The number of imidazole rings is 1. The van der Waals surface area contributed by atoms with Gasteiger partial charge in [-0.3, -0.25) is 14.4 Å². The van der Waals surface area contributed by atoms with Crippen molar-refractivity contribution in [1.29, 1.82) is 0 Å². The summed E-state index contributed by atoms with van der Waals surface area (Å²) in [6.45, 7) is 0.849. The third-order valence-electron chi connectivity index (χ3n) is 6.05. The molecule has 0 aliphatic rings. The Kier molecular flexibility index (Phi) is 14.2. The molecule has 0 bridgehead atoms. The van der Waals surface area contributed by atoms with E-state index in [4.69, 9.17) is 5.73 Å². The summed E-state index contributed by atoms with van der Waals surface area (Å²) in [7, 11) is 0. The predicted octanol–water partition coefficient (Wildman–Crippen LogP) is 1.44. The van der Waals surface area contributed by atoms with Gasteiger partial charge in [0, 0.05) is 37.7 Å². The number of carboxylic acid groups (broad SMARTS) is 1. The topological polar surface area (TPSA) is 179 Å². The van der Waals surface area contributed by atoms with Crippen LogP contribution < -0.4 is 21.7 Å². The molecule has 0 fully saturated rings. The standard InChI is InChI=1S/C27H40N6O5/c28-15-8-12-22(32-25(35)14-7-11-20-9-3-1-4-10-20)26(36)30-16-6-2-5-13-24(34)33-23(27(37)38)17-21-18-29-19-31-21/h1,3-4,9-10,18-19,22-23H,2,5-8,11-17,28H2,(H,29,31)(H,30,36)(H,32,35)(H,33,34)(H,37,38)/t22-,23-/m0/s1. The van der Waals surface area contributed by atoms with E-state index in [1.165, 1.54) is 18.1 Å². The fourth-order valence-electron chi connectivity index (χ4n) is 3.96. The summed E-state index contributed by atoms with van der Waals surface area (Å²) < 4.78 is 0. The van der Waals surface area contributed by atoms with Crippen LogP contribution in [0.3, 0.4) is 0 Å². The number of carbonyl (C=O) groups excluding carboxylic acids is 3. The van der Waals surface area contributed by atoms with Gasteiger partial charge in [-0.1, -0.05) is 36.8 Å². The predicted molar refractivity (Wildman–Crippen MR) is 143 cm³/mol. The molecule has 2 aromatic rings. The second-order valence-corrected chi connectivity index (χ2v) is 9.23. The van der Waals surface area contributed by atoms with Gasteiger partial charge < -0.3 is 31.8 Å². The van der Waals surface area contributed by atoms with E-state index in [1.807, 2.05) is 30.3 Å². The summed E-state index contributed by atoms with van der Waals surface area (Å²) in [5.74, 6) is -1.84. The maximum atomic E-state index is 12.6. The minimum absolute atomic E-state index is 0.127. The number of hydrogen-bond acceptors (Lipinski definition) is 6. The highest BCUT2D eigenvalue weighted by molar-refractivity contribution is 5.87. The molecule has 0 saturated carbocycles. The third kappa shape index (κ3) is 12.5. The van der Waals surface area contributed by atoms with Gasteiger partial charge in [0.2, 0.25) is 17.7 Å². The molecule has 1 aromatic carbocycles. The first-order valence-corrected chi connectivity index (χ1v) is 13.2. The number of nitrogens with zero attached hydrogens (tertiary/aromatic N) is 1. The zero-order valence-electron chi connectivity index (χ0n) is 21.8. The number of nitrogens with two attached hydrogens (primary N) is 1. The minimum Gasteiger partial charge on any atom is -0.480 e. The van der Waals surface area contributed by atoms with Gasteiger partial charge in [0.1, 0.15) is 12.1 Å². The molecule has 1 heterocycles. The summed E-state index contributed by atoms with van der Waals surface area (Å²) >= 11 is 0. The quantitative estimate of drug-likeness (QED) is 0.149. The van der Waals surface area contributed by atoms with Crippen molar-refractivity contribution < 1.29 is 24.3 Å². The van der Waals surface area contributed by atoms with Gasteiger partial charge in [-0.15, -0.1) is 0 Å². The van der Waals surface area contributed by atoms with E-state index in [0.717, 1.165) is 6.42 Å². The number of aromatic nitrogens is 2. The van der Waals surface area contributed by atoms with Crippen LogP contribution in [0.5, 0.6) is 0 Å². The molecular formula is C27H40N6O5. The Morgan fingerprint density at radius 2 is 1.63 bits per heavy atom. The molecule has 38 heavy (non-hydrogen) atoms. The van der Waals surface area contributed by atoms with Crippen molar-refractivity contribution >= 4 is 23.7 Å². The van der Waals surface area contributed by atoms with Gasteiger partial charge in [0.25, 0.3) is 0 Å². The molecule has 0 radical (unpaired) electrons. The van der Waals surface area contributed by atoms with Crippen molar-refractivity contribution in [3.05, 3.63) is 54.1 Å². The number of nitrogens with one attached hydrogen (secondary N) is 4. The first-order chi connectivity index (χ1) is 18.4. The van der Waals surface area contributed by atoms with E-state index in [2.05, 4.69) is 25.9 Å². The van der Waals surface area contributed by atoms with E-state index in [0.29, 0.717) is 63.7 Å². The van der Waals surface area contributed by atoms with E-state index in [-0.39, 0.29) is 30.6 Å². The average molecular weight is 529 g/mol. The lowest BCUT2D eigenvalue weighted by Crippen LogP contribution is -2.47. The maximum Gasteiger partial charge on any atom is 0.326 e. The first-order valence-electron chi connectivity index (χ1n) is 13.2. The number of aliphatic carboxylic acids is 1. The number of hydrogen-bond donors (Lipinski definition) is 6. The van der Waals surface area contributed by atoms with E-state index < -0.39 is 18.1 Å².